The highest BCUT2D eigenvalue weighted by atomic mass is 16.5. The molecule has 1 amide bonds. The van der Waals surface area contributed by atoms with Crippen molar-refractivity contribution in [1.82, 2.24) is 10.2 Å². The SMILES string of the molecule is Cc1cc(Nc2n[nH]c(N)c2C(N)=O)ccc1N1CCOCC1. The normalized spacial score (nSPS) is 14.7. The molecule has 1 fully saturated rings. The number of amides is 1. The predicted octanol–water partition coefficient (Wildman–Crippen LogP) is 0.979. The minimum Gasteiger partial charge on any atom is -0.383 e. The monoisotopic (exact) mass is 316 g/mol. The van der Waals surface area contributed by atoms with E-state index in [4.69, 9.17) is 16.2 Å². The molecule has 0 radical (unpaired) electrons. The van der Waals surface area contributed by atoms with Crippen LogP contribution in [0.1, 0.15) is 15.9 Å². The van der Waals surface area contributed by atoms with Crippen molar-refractivity contribution in [1.29, 1.82) is 0 Å². The molecule has 0 aliphatic carbocycles. The molecule has 1 aromatic heterocycles. The van der Waals surface area contributed by atoms with Crippen molar-refractivity contribution in [2.45, 2.75) is 6.92 Å². The van der Waals surface area contributed by atoms with Crippen LogP contribution < -0.4 is 21.7 Å². The molecule has 1 aliphatic heterocycles. The Morgan fingerprint density at radius 2 is 2.13 bits per heavy atom. The average molecular weight is 316 g/mol. The topological polar surface area (TPSA) is 122 Å². The number of ether oxygens (including phenoxy) is 1. The van der Waals surface area contributed by atoms with Crippen molar-refractivity contribution in [3.8, 4) is 0 Å². The van der Waals surface area contributed by atoms with Crippen molar-refractivity contribution in [3.05, 3.63) is 29.3 Å². The van der Waals surface area contributed by atoms with Crippen LogP contribution in [0.2, 0.25) is 0 Å². The number of anilines is 4. The Morgan fingerprint density at radius 3 is 2.78 bits per heavy atom. The summed E-state index contributed by atoms with van der Waals surface area (Å²) < 4.78 is 5.38. The van der Waals surface area contributed by atoms with Gasteiger partial charge in [-0.3, -0.25) is 9.89 Å². The van der Waals surface area contributed by atoms with Gasteiger partial charge in [-0.05, 0) is 30.7 Å². The third-order valence-corrected chi connectivity index (χ3v) is 3.85. The lowest BCUT2D eigenvalue weighted by Crippen LogP contribution is -2.36. The summed E-state index contributed by atoms with van der Waals surface area (Å²) in [7, 11) is 0. The van der Waals surface area contributed by atoms with E-state index in [2.05, 4.69) is 20.4 Å². The molecule has 6 N–H and O–H groups in total. The van der Waals surface area contributed by atoms with Gasteiger partial charge in [-0.25, -0.2) is 0 Å². The molecule has 1 aliphatic rings. The highest BCUT2D eigenvalue weighted by molar-refractivity contribution is 6.02. The number of aryl methyl sites for hydroxylation is 1. The molecule has 0 unspecified atom stereocenters. The lowest BCUT2D eigenvalue weighted by Gasteiger charge is -2.30. The van der Waals surface area contributed by atoms with E-state index < -0.39 is 5.91 Å². The molecule has 1 aromatic carbocycles. The number of H-pyrrole nitrogens is 1. The van der Waals surface area contributed by atoms with E-state index in [0.29, 0.717) is 5.82 Å². The average Bonchev–Trinajstić information content (AvgIpc) is 2.89. The second-order valence-corrected chi connectivity index (χ2v) is 5.45. The van der Waals surface area contributed by atoms with Crippen LogP contribution in [0.25, 0.3) is 0 Å². The van der Waals surface area contributed by atoms with Gasteiger partial charge in [0, 0.05) is 24.5 Å². The van der Waals surface area contributed by atoms with Crippen molar-refractivity contribution in [2.24, 2.45) is 5.73 Å². The van der Waals surface area contributed by atoms with Crippen LogP contribution in [0.4, 0.5) is 23.0 Å². The van der Waals surface area contributed by atoms with E-state index in [1.54, 1.807) is 0 Å². The number of aromatic amines is 1. The van der Waals surface area contributed by atoms with Gasteiger partial charge in [0.15, 0.2) is 5.82 Å². The summed E-state index contributed by atoms with van der Waals surface area (Å²) in [4.78, 5) is 13.7. The zero-order chi connectivity index (χ0) is 16.4. The van der Waals surface area contributed by atoms with Crippen LogP contribution in [-0.4, -0.2) is 42.4 Å². The summed E-state index contributed by atoms with van der Waals surface area (Å²) in [5, 5.41) is 9.62. The van der Waals surface area contributed by atoms with Crippen LogP contribution in [0.15, 0.2) is 18.2 Å². The van der Waals surface area contributed by atoms with Crippen molar-refractivity contribution < 1.29 is 9.53 Å². The van der Waals surface area contributed by atoms with E-state index >= 15 is 0 Å². The van der Waals surface area contributed by atoms with Crippen LogP contribution >= 0.6 is 0 Å². The third kappa shape index (κ3) is 3.07. The quantitative estimate of drug-likeness (QED) is 0.667. The van der Waals surface area contributed by atoms with E-state index in [0.717, 1.165) is 37.6 Å². The molecule has 23 heavy (non-hydrogen) atoms. The first kappa shape index (κ1) is 15.2. The standard InChI is InChI=1S/C15H20N6O2/c1-9-8-10(2-3-11(9)21-4-6-23-7-5-21)18-15-12(14(17)22)13(16)19-20-15/h2-3,8H,4-7H2,1H3,(H2,17,22)(H4,16,18,19,20). The predicted molar refractivity (Wildman–Crippen MR) is 89.0 cm³/mol. The number of hydrogen-bond donors (Lipinski definition) is 4. The molecule has 8 nitrogen and oxygen atoms in total. The summed E-state index contributed by atoms with van der Waals surface area (Å²) in [6, 6.07) is 5.98. The summed E-state index contributed by atoms with van der Waals surface area (Å²) >= 11 is 0. The summed E-state index contributed by atoms with van der Waals surface area (Å²) in [6.07, 6.45) is 0. The molecule has 0 spiro atoms. The van der Waals surface area contributed by atoms with E-state index in [1.165, 1.54) is 5.69 Å². The number of nitrogens with two attached hydrogens (primary N) is 2. The van der Waals surface area contributed by atoms with Gasteiger partial charge in [0.2, 0.25) is 0 Å². The highest BCUT2D eigenvalue weighted by Crippen LogP contribution is 2.27. The first-order chi connectivity index (χ1) is 11.1. The fourth-order valence-electron chi connectivity index (χ4n) is 2.72. The summed E-state index contributed by atoms with van der Waals surface area (Å²) in [6.45, 7) is 5.30. The number of benzene rings is 1. The van der Waals surface area contributed by atoms with Gasteiger partial charge in [0.05, 0.1) is 13.2 Å². The Labute approximate surface area is 133 Å². The second kappa shape index (κ2) is 6.17. The molecular formula is C15H20N6O2. The van der Waals surface area contributed by atoms with Crippen molar-refractivity contribution >= 4 is 28.9 Å². The fraction of sp³-hybridized carbons (Fsp3) is 0.333. The van der Waals surface area contributed by atoms with Gasteiger partial charge in [-0.2, -0.15) is 5.10 Å². The molecular weight excluding hydrogens is 296 g/mol. The summed E-state index contributed by atoms with van der Waals surface area (Å²) in [5.41, 5.74) is 14.3. The number of rotatable bonds is 4. The molecule has 2 heterocycles. The number of nitrogens with zero attached hydrogens (tertiary/aromatic N) is 2. The second-order valence-electron chi connectivity index (χ2n) is 5.45. The molecule has 0 atom stereocenters. The largest absolute Gasteiger partial charge is 0.383 e. The maximum atomic E-state index is 11.4. The number of nitrogen functional groups attached to an aromatic ring is 1. The molecule has 0 saturated carbocycles. The number of carbonyl (C=O) groups excluding carboxylic acids is 1. The fourth-order valence-corrected chi connectivity index (χ4v) is 2.72. The first-order valence-electron chi connectivity index (χ1n) is 7.40. The van der Waals surface area contributed by atoms with E-state index in [1.807, 2.05) is 25.1 Å². The van der Waals surface area contributed by atoms with Crippen LogP contribution in [-0.2, 0) is 4.74 Å². The van der Waals surface area contributed by atoms with Crippen molar-refractivity contribution in [3.63, 3.8) is 0 Å². The lowest BCUT2D eigenvalue weighted by atomic mass is 10.1. The number of hydrogen-bond acceptors (Lipinski definition) is 6. The Kier molecular flexibility index (Phi) is 4.07. The maximum absolute atomic E-state index is 11.4. The Morgan fingerprint density at radius 1 is 1.39 bits per heavy atom. The zero-order valence-corrected chi connectivity index (χ0v) is 12.9. The maximum Gasteiger partial charge on any atom is 0.256 e. The smallest absolute Gasteiger partial charge is 0.256 e. The zero-order valence-electron chi connectivity index (χ0n) is 12.9. The minimum absolute atomic E-state index is 0.154. The van der Waals surface area contributed by atoms with Gasteiger partial charge < -0.3 is 26.4 Å². The third-order valence-electron chi connectivity index (χ3n) is 3.85. The molecule has 0 bridgehead atoms. The Balaban J connectivity index is 1.82. The van der Waals surface area contributed by atoms with Gasteiger partial charge in [-0.1, -0.05) is 0 Å². The molecule has 1 saturated heterocycles. The van der Waals surface area contributed by atoms with Gasteiger partial charge in [0.1, 0.15) is 11.4 Å². The highest BCUT2D eigenvalue weighted by Gasteiger charge is 2.17. The lowest BCUT2D eigenvalue weighted by molar-refractivity contribution is 0.100. The number of morpholine rings is 1. The molecule has 2 aromatic rings. The van der Waals surface area contributed by atoms with E-state index in [9.17, 15) is 4.79 Å². The molecule has 3 rings (SSSR count). The van der Waals surface area contributed by atoms with Crippen LogP contribution in [0.5, 0.6) is 0 Å². The van der Waals surface area contributed by atoms with Crippen molar-refractivity contribution in [2.75, 3.05) is 42.3 Å². The van der Waals surface area contributed by atoms with Gasteiger partial charge in [0.25, 0.3) is 5.91 Å². The van der Waals surface area contributed by atoms with Gasteiger partial charge >= 0.3 is 0 Å². The van der Waals surface area contributed by atoms with Crippen LogP contribution in [0, 0.1) is 6.92 Å². The number of nitrogens with one attached hydrogen (secondary N) is 2. The number of primary amides is 1. The van der Waals surface area contributed by atoms with Crippen LogP contribution in [0.3, 0.4) is 0 Å². The molecule has 122 valence electrons. The number of aromatic nitrogens is 2. The number of carbonyl (C=O) groups is 1. The Bertz CT molecular complexity index is 721. The molecule has 8 heteroatoms. The minimum atomic E-state index is -0.625. The van der Waals surface area contributed by atoms with E-state index in [-0.39, 0.29) is 11.4 Å². The first-order valence-corrected chi connectivity index (χ1v) is 7.40. The Hall–Kier alpha value is -2.74. The summed E-state index contributed by atoms with van der Waals surface area (Å²) in [5.74, 6) is -0.143. The van der Waals surface area contributed by atoms with Gasteiger partial charge in [-0.15, -0.1) is 0 Å².